The third-order valence-corrected chi connectivity index (χ3v) is 5.31. The first-order valence-electron chi connectivity index (χ1n) is 7.14. The van der Waals surface area contributed by atoms with Gasteiger partial charge in [0.05, 0.1) is 5.75 Å². The van der Waals surface area contributed by atoms with Crippen molar-refractivity contribution < 1.29 is 0 Å². The van der Waals surface area contributed by atoms with Crippen LogP contribution in [0.25, 0.3) is 26.3 Å². The fourth-order valence-corrected chi connectivity index (χ4v) is 3.93. The highest BCUT2D eigenvalue weighted by molar-refractivity contribution is 7.98. The molecule has 22 heavy (non-hydrogen) atoms. The van der Waals surface area contributed by atoms with Crippen LogP contribution in [0, 0.1) is 0 Å². The largest absolute Gasteiger partial charge is 0.235 e. The van der Waals surface area contributed by atoms with E-state index in [1.165, 1.54) is 10.8 Å². The summed E-state index contributed by atoms with van der Waals surface area (Å²) < 4.78 is 1.88. The van der Waals surface area contributed by atoms with Gasteiger partial charge in [0.2, 0.25) is 4.96 Å². The molecule has 0 amide bonds. The lowest BCUT2D eigenvalue weighted by atomic mass is 10.1. The number of benzene rings is 2. The minimum absolute atomic E-state index is 0.844. The molecule has 0 atom stereocenters. The molecular formula is C16H14N4S2. The lowest BCUT2D eigenvalue weighted by molar-refractivity contribution is 0.888. The molecule has 0 saturated heterocycles. The maximum atomic E-state index is 4.74. The summed E-state index contributed by atoms with van der Waals surface area (Å²) >= 11 is 3.42. The van der Waals surface area contributed by atoms with Crippen LogP contribution in [0.1, 0.15) is 12.7 Å². The molecule has 0 radical (unpaired) electrons. The second-order valence-corrected chi connectivity index (χ2v) is 7.11. The SMILES string of the molecule is CCSCc1nnc2sc(-c3cccc4ccccc34)nn12. The van der Waals surface area contributed by atoms with E-state index < -0.39 is 0 Å². The van der Waals surface area contributed by atoms with Crippen molar-refractivity contribution in [1.82, 2.24) is 19.8 Å². The van der Waals surface area contributed by atoms with Gasteiger partial charge in [0.1, 0.15) is 5.01 Å². The number of fused-ring (bicyclic) bond motifs is 2. The monoisotopic (exact) mass is 326 g/mol. The molecule has 0 saturated carbocycles. The van der Waals surface area contributed by atoms with Crippen LogP contribution in [0.4, 0.5) is 0 Å². The molecule has 0 bridgehead atoms. The van der Waals surface area contributed by atoms with Gasteiger partial charge >= 0.3 is 0 Å². The van der Waals surface area contributed by atoms with Crippen LogP contribution < -0.4 is 0 Å². The third-order valence-electron chi connectivity index (χ3n) is 3.51. The van der Waals surface area contributed by atoms with Crippen LogP contribution in [0.15, 0.2) is 42.5 Å². The summed E-state index contributed by atoms with van der Waals surface area (Å²) in [5, 5.41) is 16.7. The van der Waals surface area contributed by atoms with Crippen molar-refractivity contribution in [3.05, 3.63) is 48.3 Å². The number of nitrogens with zero attached hydrogens (tertiary/aromatic N) is 4. The fraction of sp³-hybridized carbons (Fsp3) is 0.188. The Morgan fingerprint density at radius 1 is 1.09 bits per heavy atom. The Bertz CT molecular complexity index is 936. The molecule has 4 aromatic rings. The zero-order chi connectivity index (χ0) is 14.9. The zero-order valence-corrected chi connectivity index (χ0v) is 13.7. The molecule has 4 rings (SSSR count). The summed E-state index contributed by atoms with van der Waals surface area (Å²) in [6.45, 7) is 2.14. The van der Waals surface area contributed by atoms with Crippen LogP contribution in [0.2, 0.25) is 0 Å². The Labute approximate surface area is 136 Å². The highest BCUT2D eigenvalue weighted by Crippen LogP contribution is 2.31. The molecule has 6 heteroatoms. The number of aromatic nitrogens is 4. The lowest BCUT2D eigenvalue weighted by Gasteiger charge is -2.02. The summed E-state index contributed by atoms with van der Waals surface area (Å²) in [6, 6.07) is 14.7. The second-order valence-electron chi connectivity index (χ2n) is 4.88. The van der Waals surface area contributed by atoms with Gasteiger partial charge in [-0.3, -0.25) is 0 Å². The Morgan fingerprint density at radius 3 is 2.86 bits per heavy atom. The van der Waals surface area contributed by atoms with E-state index in [9.17, 15) is 0 Å². The first kappa shape index (κ1) is 13.7. The van der Waals surface area contributed by atoms with Gasteiger partial charge in [0.15, 0.2) is 5.82 Å². The Morgan fingerprint density at radius 2 is 1.95 bits per heavy atom. The third kappa shape index (κ3) is 2.28. The topological polar surface area (TPSA) is 43.1 Å². The van der Waals surface area contributed by atoms with Crippen LogP contribution in [0.3, 0.4) is 0 Å². The van der Waals surface area contributed by atoms with Gasteiger partial charge in [-0.15, -0.1) is 10.2 Å². The quantitative estimate of drug-likeness (QED) is 0.562. The van der Waals surface area contributed by atoms with Gasteiger partial charge in [-0.1, -0.05) is 60.7 Å². The summed E-state index contributed by atoms with van der Waals surface area (Å²) in [5.74, 6) is 2.83. The van der Waals surface area contributed by atoms with Gasteiger partial charge in [0, 0.05) is 5.56 Å². The van der Waals surface area contributed by atoms with Gasteiger partial charge in [-0.2, -0.15) is 21.4 Å². The molecule has 0 aliphatic carbocycles. The van der Waals surface area contributed by atoms with Crippen molar-refractivity contribution in [1.29, 1.82) is 0 Å². The van der Waals surface area contributed by atoms with E-state index in [-0.39, 0.29) is 0 Å². The van der Waals surface area contributed by atoms with E-state index in [1.54, 1.807) is 11.3 Å². The molecule has 0 aliphatic rings. The van der Waals surface area contributed by atoms with Crippen molar-refractivity contribution in [2.75, 3.05) is 5.75 Å². The zero-order valence-electron chi connectivity index (χ0n) is 12.1. The number of thioether (sulfide) groups is 1. The Hall–Kier alpha value is -1.92. The van der Waals surface area contributed by atoms with E-state index >= 15 is 0 Å². The lowest BCUT2D eigenvalue weighted by Crippen LogP contribution is -1.94. The van der Waals surface area contributed by atoms with Crippen LogP contribution in [-0.2, 0) is 5.75 Å². The molecule has 110 valence electrons. The molecule has 0 aliphatic heterocycles. The Balaban J connectivity index is 1.84. The molecule has 2 aromatic carbocycles. The molecular weight excluding hydrogens is 312 g/mol. The number of rotatable bonds is 4. The standard InChI is InChI=1S/C16H14N4S2/c1-2-21-10-14-17-18-16-20(14)19-15(22-16)13-9-5-7-11-6-3-4-8-12(11)13/h3-9H,2,10H2,1H3. The van der Waals surface area contributed by atoms with Crippen molar-refractivity contribution >= 4 is 38.8 Å². The molecule has 2 heterocycles. The summed E-state index contributed by atoms with van der Waals surface area (Å²) in [5.41, 5.74) is 1.16. The van der Waals surface area contributed by atoms with E-state index in [2.05, 4.69) is 59.6 Å². The number of hydrogen-bond acceptors (Lipinski definition) is 5. The van der Waals surface area contributed by atoms with E-state index in [0.717, 1.165) is 32.9 Å². The minimum atomic E-state index is 0.844. The van der Waals surface area contributed by atoms with Crippen molar-refractivity contribution in [2.45, 2.75) is 12.7 Å². The fourth-order valence-electron chi connectivity index (χ4n) is 2.46. The van der Waals surface area contributed by atoms with Gasteiger partial charge in [-0.05, 0) is 16.5 Å². The first-order valence-corrected chi connectivity index (χ1v) is 9.11. The van der Waals surface area contributed by atoms with Crippen LogP contribution in [0.5, 0.6) is 0 Å². The summed E-state index contributed by atoms with van der Waals surface area (Å²) in [6.07, 6.45) is 0. The predicted octanol–water partition coefficient (Wildman–Crippen LogP) is 4.26. The molecule has 0 fully saturated rings. The Kier molecular flexibility index (Phi) is 3.56. The average molecular weight is 326 g/mol. The van der Waals surface area contributed by atoms with Gasteiger partial charge < -0.3 is 0 Å². The van der Waals surface area contributed by atoms with E-state index in [0.29, 0.717) is 0 Å². The molecule has 0 spiro atoms. The molecule has 2 aromatic heterocycles. The maximum Gasteiger partial charge on any atom is 0.235 e. The minimum Gasteiger partial charge on any atom is -0.186 e. The van der Waals surface area contributed by atoms with Crippen molar-refractivity contribution in [3.8, 4) is 10.6 Å². The average Bonchev–Trinajstić information content (AvgIpc) is 3.13. The highest BCUT2D eigenvalue weighted by atomic mass is 32.2. The van der Waals surface area contributed by atoms with Crippen LogP contribution in [-0.4, -0.2) is 25.6 Å². The highest BCUT2D eigenvalue weighted by Gasteiger charge is 2.14. The maximum absolute atomic E-state index is 4.74. The van der Waals surface area contributed by atoms with Gasteiger partial charge in [-0.25, -0.2) is 0 Å². The van der Waals surface area contributed by atoms with Gasteiger partial charge in [0.25, 0.3) is 0 Å². The predicted molar refractivity (Wildman–Crippen MR) is 93.4 cm³/mol. The summed E-state index contributed by atoms with van der Waals surface area (Å²) in [4.78, 5) is 0.856. The van der Waals surface area contributed by atoms with E-state index in [1.807, 2.05) is 16.3 Å². The van der Waals surface area contributed by atoms with E-state index in [4.69, 9.17) is 5.10 Å². The normalized spacial score (nSPS) is 11.5. The van der Waals surface area contributed by atoms with Crippen molar-refractivity contribution in [3.63, 3.8) is 0 Å². The number of hydrogen-bond donors (Lipinski definition) is 0. The van der Waals surface area contributed by atoms with Crippen molar-refractivity contribution in [2.24, 2.45) is 0 Å². The molecule has 4 nitrogen and oxygen atoms in total. The first-order chi connectivity index (χ1) is 10.9. The molecule has 0 N–H and O–H groups in total. The molecule has 0 unspecified atom stereocenters. The van der Waals surface area contributed by atoms with Crippen LogP contribution >= 0.6 is 23.1 Å². The summed E-state index contributed by atoms with van der Waals surface area (Å²) in [7, 11) is 0. The smallest absolute Gasteiger partial charge is 0.186 e. The second kappa shape index (κ2) is 5.70.